The summed E-state index contributed by atoms with van der Waals surface area (Å²) in [5.41, 5.74) is 0.363. The van der Waals surface area contributed by atoms with E-state index in [0.717, 1.165) is 0 Å². The fraction of sp³-hybridized carbons (Fsp3) is 0.375. The second-order valence-corrected chi connectivity index (χ2v) is 6.60. The number of amides is 2. The molecule has 0 spiro atoms. The number of nitrogens with one attached hydrogen (secondary N) is 2. The van der Waals surface area contributed by atoms with Crippen LogP contribution in [-0.4, -0.2) is 28.1 Å². The maximum absolute atomic E-state index is 13.1. The maximum atomic E-state index is 13.1. The van der Waals surface area contributed by atoms with Crippen molar-refractivity contribution in [2.75, 3.05) is 5.32 Å². The van der Waals surface area contributed by atoms with Gasteiger partial charge in [-0.05, 0) is 38.5 Å². The van der Waals surface area contributed by atoms with Gasteiger partial charge in [0.15, 0.2) is 0 Å². The predicted octanol–water partition coefficient (Wildman–Crippen LogP) is 2.78. The van der Waals surface area contributed by atoms with Crippen molar-refractivity contribution in [2.45, 2.75) is 39.2 Å². The molecule has 128 valence electrons. The summed E-state index contributed by atoms with van der Waals surface area (Å²) in [6.07, 6.45) is 1.62. The Morgan fingerprint density at radius 2 is 2.08 bits per heavy atom. The number of rotatable bonds is 7. The normalized spacial score (nSPS) is 10.7. The van der Waals surface area contributed by atoms with Crippen molar-refractivity contribution in [3.8, 4) is 0 Å². The Labute approximate surface area is 143 Å². The van der Waals surface area contributed by atoms with Crippen LogP contribution in [0.5, 0.6) is 0 Å². The summed E-state index contributed by atoms with van der Waals surface area (Å²) in [4.78, 5) is 23.6. The first kappa shape index (κ1) is 18.0. The number of benzene rings is 1. The summed E-state index contributed by atoms with van der Waals surface area (Å²) >= 11 is 1.17. The zero-order valence-corrected chi connectivity index (χ0v) is 14.3. The number of hydrogen-bond acceptors (Lipinski definition) is 5. The number of aryl methyl sites for hydroxylation is 1. The van der Waals surface area contributed by atoms with Crippen molar-refractivity contribution in [1.82, 2.24) is 15.5 Å². The van der Waals surface area contributed by atoms with E-state index in [2.05, 4.69) is 20.8 Å². The van der Waals surface area contributed by atoms with Gasteiger partial charge in [-0.3, -0.25) is 9.59 Å². The smallest absolute Gasteiger partial charge is 0.286 e. The quantitative estimate of drug-likeness (QED) is 0.804. The molecule has 24 heavy (non-hydrogen) atoms. The van der Waals surface area contributed by atoms with E-state index in [1.165, 1.54) is 29.5 Å². The van der Waals surface area contributed by atoms with E-state index in [0.29, 0.717) is 30.0 Å². The highest BCUT2D eigenvalue weighted by Gasteiger charge is 2.13. The lowest BCUT2D eigenvalue weighted by molar-refractivity contribution is -0.121. The molecule has 2 rings (SSSR count). The average molecular weight is 350 g/mol. The van der Waals surface area contributed by atoms with Crippen LogP contribution < -0.4 is 10.6 Å². The molecule has 0 atom stereocenters. The summed E-state index contributed by atoms with van der Waals surface area (Å²) < 4.78 is 13.1. The van der Waals surface area contributed by atoms with Gasteiger partial charge in [0, 0.05) is 24.6 Å². The molecule has 0 radical (unpaired) electrons. The zero-order valence-electron chi connectivity index (χ0n) is 13.5. The minimum absolute atomic E-state index is 0.00131. The number of carbonyl (C=O) groups is 2. The molecule has 0 fully saturated rings. The molecule has 1 heterocycles. The summed E-state index contributed by atoms with van der Waals surface area (Å²) in [6, 6.07) is 5.76. The minimum Gasteiger partial charge on any atom is -0.354 e. The highest BCUT2D eigenvalue weighted by atomic mass is 32.1. The van der Waals surface area contributed by atoms with Gasteiger partial charge >= 0.3 is 0 Å². The summed E-state index contributed by atoms with van der Waals surface area (Å²) in [5, 5.41) is 14.1. The van der Waals surface area contributed by atoms with Gasteiger partial charge in [-0.2, -0.15) is 0 Å². The first-order chi connectivity index (χ1) is 11.4. The van der Waals surface area contributed by atoms with Crippen LogP contribution in [0.1, 0.15) is 41.5 Å². The van der Waals surface area contributed by atoms with Crippen LogP contribution in [0, 0.1) is 5.82 Å². The van der Waals surface area contributed by atoms with Crippen molar-refractivity contribution in [1.29, 1.82) is 0 Å². The van der Waals surface area contributed by atoms with Crippen LogP contribution in [0.25, 0.3) is 0 Å². The van der Waals surface area contributed by atoms with Gasteiger partial charge in [0.2, 0.25) is 10.9 Å². The zero-order chi connectivity index (χ0) is 17.5. The van der Waals surface area contributed by atoms with Crippen LogP contribution in [0.2, 0.25) is 0 Å². The van der Waals surface area contributed by atoms with Crippen LogP contribution >= 0.6 is 11.3 Å². The molecule has 1 aromatic heterocycles. The third kappa shape index (κ3) is 5.69. The molecule has 0 saturated carbocycles. The van der Waals surface area contributed by atoms with Gasteiger partial charge in [0.25, 0.3) is 5.91 Å². The van der Waals surface area contributed by atoms with Crippen LogP contribution in [0.15, 0.2) is 24.3 Å². The number of halogens is 1. The van der Waals surface area contributed by atoms with Gasteiger partial charge in [-0.15, -0.1) is 10.2 Å². The van der Waals surface area contributed by atoms with Gasteiger partial charge in [-0.25, -0.2) is 4.39 Å². The van der Waals surface area contributed by atoms with Crippen molar-refractivity contribution in [3.05, 3.63) is 40.1 Å². The third-order valence-electron chi connectivity index (χ3n) is 2.99. The number of carbonyl (C=O) groups excluding carboxylic acids is 2. The predicted molar refractivity (Wildman–Crippen MR) is 90.5 cm³/mol. The third-order valence-corrected chi connectivity index (χ3v) is 3.97. The largest absolute Gasteiger partial charge is 0.354 e. The Bertz CT molecular complexity index is 718. The van der Waals surface area contributed by atoms with Crippen molar-refractivity contribution in [3.63, 3.8) is 0 Å². The molecule has 0 aliphatic heterocycles. The lowest BCUT2D eigenvalue weighted by Gasteiger charge is -2.07. The molecular formula is C16H19FN4O2S. The molecule has 2 N–H and O–H groups in total. The average Bonchev–Trinajstić information content (AvgIpc) is 2.95. The number of aromatic nitrogens is 2. The van der Waals surface area contributed by atoms with Gasteiger partial charge < -0.3 is 10.6 Å². The fourth-order valence-corrected chi connectivity index (χ4v) is 2.77. The maximum Gasteiger partial charge on any atom is 0.286 e. The molecule has 2 aromatic rings. The van der Waals surface area contributed by atoms with E-state index in [-0.39, 0.29) is 17.0 Å². The molecule has 8 heteroatoms. The standard InChI is InChI=1S/C16H19FN4O2S/c1-10(2)18-13(22)7-4-8-14-20-21-16(24-14)15(23)19-12-6-3-5-11(17)9-12/h3,5-6,9-10H,4,7-8H2,1-2H3,(H,18,22)(H,19,23). The highest BCUT2D eigenvalue weighted by molar-refractivity contribution is 7.13. The number of hydrogen-bond donors (Lipinski definition) is 2. The summed E-state index contributed by atoms with van der Waals surface area (Å²) in [5.74, 6) is -0.856. The van der Waals surface area contributed by atoms with E-state index in [1.54, 1.807) is 6.07 Å². The summed E-state index contributed by atoms with van der Waals surface area (Å²) in [7, 11) is 0. The van der Waals surface area contributed by atoms with Crippen LogP contribution in [0.4, 0.5) is 10.1 Å². The molecule has 0 unspecified atom stereocenters. The Balaban J connectivity index is 1.84. The molecular weight excluding hydrogens is 331 g/mol. The first-order valence-corrected chi connectivity index (χ1v) is 8.44. The van der Waals surface area contributed by atoms with E-state index in [1.807, 2.05) is 13.8 Å². The highest BCUT2D eigenvalue weighted by Crippen LogP contribution is 2.15. The fourth-order valence-electron chi connectivity index (χ4n) is 1.99. The van der Waals surface area contributed by atoms with Crippen molar-refractivity contribution in [2.24, 2.45) is 0 Å². The monoisotopic (exact) mass is 350 g/mol. The molecule has 0 saturated heterocycles. The Hall–Kier alpha value is -2.35. The van der Waals surface area contributed by atoms with E-state index in [4.69, 9.17) is 0 Å². The molecule has 6 nitrogen and oxygen atoms in total. The molecule has 0 aliphatic rings. The lowest BCUT2D eigenvalue weighted by atomic mass is 10.2. The molecule has 1 aromatic carbocycles. The van der Waals surface area contributed by atoms with Crippen molar-refractivity contribution < 1.29 is 14.0 Å². The van der Waals surface area contributed by atoms with Gasteiger partial charge in [0.05, 0.1) is 0 Å². The van der Waals surface area contributed by atoms with Gasteiger partial charge in [0.1, 0.15) is 10.8 Å². The SMILES string of the molecule is CC(C)NC(=O)CCCc1nnc(C(=O)Nc2cccc(F)c2)s1. The van der Waals surface area contributed by atoms with E-state index < -0.39 is 11.7 Å². The summed E-state index contributed by atoms with van der Waals surface area (Å²) in [6.45, 7) is 3.82. The van der Waals surface area contributed by atoms with E-state index >= 15 is 0 Å². The van der Waals surface area contributed by atoms with E-state index in [9.17, 15) is 14.0 Å². The van der Waals surface area contributed by atoms with Gasteiger partial charge in [-0.1, -0.05) is 17.4 Å². The molecule has 2 amide bonds. The lowest BCUT2D eigenvalue weighted by Crippen LogP contribution is -2.29. The minimum atomic E-state index is -0.429. The Morgan fingerprint density at radius 3 is 2.79 bits per heavy atom. The Morgan fingerprint density at radius 1 is 1.29 bits per heavy atom. The topological polar surface area (TPSA) is 84.0 Å². The Kier molecular flexibility index (Phi) is 6.36. The van der Waals surface area contributed by atoms with Crippen LogP contribution in [-0.2, 0) is 11.2 Å². The second kappa shape index (κ2) is 8.49. The number of anilines is 1. The first-order valence-electron chi connectivity index (χ1n) is 7.62. The van der Waals surface area contributed by atoms with Crippen LogP contribution in [0.3, 0.4) is 0 Å². The second-order valence-electron chi connectivity index (χ2n) is 5.54. The van der Waals surface area contributed by atoms with Crippen molar-refractivity contribution >= 4 is 28.8 Å². The molecule has 0 bridgehead atoms. The molecule has 0 aliphatic carbocycles. The number of nitrogens with zero attached hydrogens (tertiary/aromatic N) is 2.